The van der Waals surface area contributed by atoms with Crippen LogP contribution in [0.15, 0.2) is 83.3 Å². The third-order valence-corrected chi connectivity index (χ3v) is 7.41. The fourth-order valence-corrected chi connectivity index (χ4v) is 5.12. The van der Waals surface area contributed by atoms with E-state index in [0.717, 1.165) is 22.0 Å². The zero-order valence-corrected chi connectivity index (χ0v) is 23.0. The molecular formula is C29H32BrFN2O2S. The summed E-state index contributed by atoms with van der Waals surface area (Å²) in [6.45, 7) is 4.27. The van der Waals surface area contributed by atoms with E-state index in [0.29, 0.717) is 24.3 Å². The first-order chi connectivity index (χ1) is 17.4. The summed E-state index contributed by atoms with van der Waals surface area (Å²) in [5.41, 5.74) is 2.46. The fraction of sp³-hybridized carbons (Fsp3) is 0.310. The van der Waals surface area contributed by atoms with Crippen molar-refractivity contribution in [3.05, 3.63) is 106 Å². The Hall–Kier alpha value is -2.64. The predicted octanol–water partition coefficient (Wildman–Crippen LogP) is 6.38. The molecule has 2 atom stereocenters. The highest BCUT2D eigenvalue weighted by atomic mass is 79.9. The lowest BCUT2D eigenvalue weighted by Crippen LogP contribution is -2.52. The summed E-state index contributed by atoms with van der Waals surface area (Å²) >= 11 is 4.86. The van der Waals surface area contributed by atoms with Crippen LogP contribution in [0.3, 0.4) is 0 Å². The van der Waals surface area contributed by atoms with Crippen LogP contribution in [0, 0.1) is 5.82 Å². The first-order valence-corrected chi connectivity index (χ1v) is 14.0. The average Bonchev–Trinajstić information content (AvgIpc) is 2.87. The van der Waals surface area contributed by atoms with Crippen LogP contribution < -0.4 is 5.32 Å². The van der Waals surface area contributed by atoms with Crippen molar-refractivity contribution < 1.29 is 14.0 Å². The van der Waals surface area contributed by atoms with Gasteiger partial charge in [-0.3, -0.25) is 9.59 Å². The number of thioether (sulfide) groups is 1. The second kappa shape index (κ2) is 14.2. The topological polar surface area (TPSA) is 49.4 Å². The Balaban J connectivity index is 1.86. The number of benzene rings is 3. The second-order valence-electron chi connectivity index (χ2n) is 8.76. The van der Waals surface area contributed by atoms with Gasteiger partial charge in [-0.2, -0.15) is 0 Å². The number of carbonyl (C=O) groups is 2. The molecule has 1 N–H and O–H groups in total. The number of carbonyl (C=O) groups excluding carboxylic acids is 2. The van der Waals surface area contributed by atoms with Gasteiger partial charge in [0, 0.05) is 29.2 Å². The van der Waals surface area contributed by atoms with Crippen molar-refractivity contribution in [1.29, 1.82) is 0 Å². The molecule has 0 bridgehead atoms. The van der Waals surface area contributed by atoms with Crippen molar-refractivity contribution in [3.8, 4) is 0 Å². The highest BCUT2D eigenvalue weighted by Crippen LogP contribution is 2.21. The zero-order chi connectivity index (χ0) is 25.9. The summed E-state index contributed by atoms with van der Waals surface area (Å²) in [6.07, 6.45) is 1.20. The Morgan fingerprint density at radius 3 is 2.39 bits per heavy atom. The molecule has 7 heteroatoms. The van der Waals surface area contributed by atoms with E-state index in [4.69, 9.17) is 0 Å². The molecule has 0 saturated carbocycles. The monoisotopic (exact) mass is 570 g/mol. The minimum Gasteiger partial charge on any atom is -0.352 e. The van der Waals surface area contributed by atoms with Gasteiger partial charge in [-0.05, 0) is 48.2 Å². The lowest BCUT2D eigenvalue weighted by Gasteiger charge is -2.32. The van der Waals surface area contributed by atoms with Gasteiger partial charge in [0.2, 0.25) is 11.8 Å². The average molecular weight is 572 g/mol. The van der Waals surface area contributed by atoms with Crippen LogP contribution in [0.4, 0.5) is 4.39 Å². The molecule has 190 valence electrons. The van der Waals surface area contributed by atoms with Crippen LogP contribution in [0.2, 0.25) is 0 Å². The Morgan fingerprint density at radius 1 is 1.00 bits per heavy atom. The SMILES string of the molecule is CC[C@@H](C)NC(=O)[C@@H](Cc1ccccc1)N(Cc1cccc(Br)c1)C(=O)CSCc1ccccc1F. The quantitative estimate of drug-likeness (QED) is 0.275. The lowest BCUT2D eigenvalue weighted by molar-refractivity contribution is -0.139. The van der Waals surface area contributed by atoms with Gasteiger partial charge >= 0.3 is 0 Å². The van der Waals surface area contributed by atoms with Gasteiger partial charge in [0.05, 0.1) is 5.75 Å². The van der Waals surface area contributed by atoms with Crippen LogP contribution in [0.5, 0.6) is 0 Å². The van der Waals surface area contributed by atoms with Gasteiger partial charge in [0.15, 0.2) is 0 Å². The molecule has 0 aromatic heterocycles. The smallest absolute Gasteiger partial charge is 0.243 e. The van der Waals surface area contributed by atoms with E-state index >= 15 is 0 Å². The number of rotatable bonds is 12. The van der Waals surface area contributed by atoms with Crippen molar-refractivity contribution in [1.82, 2.24) is 10.2 Å². The van der Waals surface area contributed by atoms with Crippen molar-refractivity contribution in [2.75, 3.05) is 5.75 Å². The summed E-state index contributed by atoms with van der Waals surface area (Å²) in [5.74, 6) is -0.0824. The van der Waals surface area contributed by atoms with E-state index in [9.17, 15) is 14.0 Å². The molecule has 3 aromatic rings. The van der Waals surface area contributed by atoms with Crippen molar-refractivity contribution in [3.63, 3.8) is 0 Å². The molecule has 0 radical (unpaired) electrons. The van der Waals surface area contributed by atoms with Gasteiger partial charge in [0.1, 0.15) is 11.9 Å². The van der Waals surface area contributed by atoms with Crippen LogP contribution >= 0.6 is 27.7 Å². The second-order valence-corrected chi connectivity index (χ2v) is 10.7. The Morgan fingerprint density at radius 2 is 1.69 bits per heavy atom. The normalized spacial score (nSPS) is 12.6. The first kappa shape index (κ1) is 27.9. The number of hydrogen-bond acceptors (Lipinski definition) is 3. The molecule has 3 rings (SSSR count). The molecule has 36 heavy (non-hydrogen) atoms. The molecule has 0 aliphatic heterocycles. The minimum absolute atomic E-state index is 0.00553. The largest absolute Gasteiger partial charge is 0.352 e. The van der Waals surface area contributed by atoms with E-state index < -0.39 is 6.04 Å². The lowest BCUT2D eigenvalue weighted by atomic mass is 10.0. The number of nitrogens with one attached hydrogen (secondary N) is 1. The molecule has 0 aliphatic carbocycles. The number of hydrogen-bond donors (Lipinski definition) is 1. The fourth-order valence-electron chi connectivity index (χ4n) is 3.77. The maximum absolute atomic E-state index is 14.1. The van der Waals surface area contributed by atoms with Gasteiger partial charge < -0.3 is 10.2 Å². The van der Waals surface area contributed by atoms with Gasteiger partial charge in [-0.1, -0.05) is 83.5 Å². The maximum Gasteiger partial charge on any atom is 0.243 e. The Bertz CT molecular complexity index is 1140. The molecular weight excluding hydrogens is 539 g/mol. The maximum atomic E-state index is 14.1. The number of halogens is 2. The number of nitrogens with zero attached hydrogens (tertiary/aromatic N) is 1. The van der Waals surface area contributed by atoms with Crippen LogP contribution in [-0.2, 0) is 28.3 Å². The third kappa shape index (κ3) is 8.49. The standard InChI is InChI=1S/C29H32BrFN2O2S/c1-3-21(2)32-29(35)27(17-22-10-5-4-6-11-22)33(18-23-12-9-14-25(30)16-23)28(34)20-36-19-24-13-7-8-15-26(24)31/h4-16,21,27H,3,17-20H2,1-2H3,(H,32,35)/t21-,27-/m1/s1. The van der Waals surface area contributed by atoms with E-state index in [2.05, 4.69) is 21.2 Å². The summed E-state index contributed by atoms with van der Waals surface area (Å²) in [4.78, 5) is 28.8. The molecule has 0 saturated heterocycles. The molecule has 0 unspecified atom stereocenters. The molecule has 0 aliphatic rings. The van der Waals surface area contributed by atoms with Gasteiger partial charge in [-0.15, -0.1) is 11.8 Å². The van der Waals surface area contributed by atoms with E-state index in [1.54, 1.807) is 23.1 Å². The Labute approximate surface area is 225 Å². The van der Waals surface area contributed by atoms with E-state index in [-0.39, 0.29) is 29.4 Å². The summed E-state index contributed by atoms with van der Waals surface area (Å²) in [7, 11) is 0. The summed E-state index contributed by atoms with van der Waals surface area (Å²) in [6, 6.07) is 23.4. The van der Waals surface area contributed by atoms with Crippen molar-refractivity contribution in [2.24, 2.45) is 0 Å². The zero-order valence-electron chi connectivity index (χ0n) is 20.6. The van der Waals surface area contributed by atoms with E-state index in [1.165, 1.54) is 17.8 Å². The highest BCUT2D eigenvalue weighted by Gasteiger charge is 2.31. The Kier molecular flexibility index (Phi) is 11.0. The summed E-state index contributed by atoms with van der Waals surface area (Å²) in [5, 5.41) is 3.07. The number of amides is 2. The van der Waals surface area contributed by atoms with E-state index in [1.807, 2.05) is 68.4 Å². The first-order valence-electron chi connectivity index (χ1n) is 12.1. The molecule has 3 aromatic carbocycles. The molecule has 0 spiro atoms. The molecule has 4 nitrogen and oxygen atoms in total. The van der Waals surface area contributed by atoms with Crippen LogP contribution in [0.1, 0.15) is 37.0 Å². The highest BCUT2D eigenvalue weighted by molar-refractivity contribution is 9.10. The third-order valence-electron chi connectivity index (χ3n) is 5.96. The van der Waals surface area contributed by atoms with Gasteiger partial charge in [0.25, 0.3) is 0 Å². The van der Waals surface area contributed by atoms with Crippen LogP contribution in [-0.4, -0.2) is 34.6 Å². The molecule has 0 heterocycles. The van der Waals surface area contributed by atoms with Crippen molar-refractivity contribution in [2.45, 2.75) is 51.1 Å². The van der Waals surface area contributed by atoms with Crippen LogP contribution in [0.25, 0.3) is 0 Å². The molecule has 2 amide bonds. The van der Waals surface area contributed by atoms with Gasteiger partial charge in [-0.25, -0.2) is 4.39 Å². The predicted molar refractivity (Wildman–Crippen MR) is 149 cm³/mol. The minimum atomic E-state index is -0.679. The molecule has 0 fully saturated rings. The van der Waals surface area contributed by atoms with Crippen molar-refractivity contribution >= 4 is 39.5 Å². The summed E-state index contributed by atoms with van der Waals surface area (Å²) < 4.78 is 15.0.